The number of fused-ring (bicyclic) bond motifs is 1. The van der Waals surface area contributed by atoms with Crippen molar-refractivity contribution in [2.75, 3.05) is 25.3 Å². The first-order chi connectivity index (χ1) is 11.6. The summed E-state index contributed by atoms with van der Waals surface area (Å²) in [5.41, 5.74) is 7.66. The molecule has 2 aromatic heterocycles. The number of ether oxygens (including phenoxy) is 2. The second kappa shape index (κ2) is 6.57. The van der Waals surface area contributed by atoms with Gasteiger partial charge in [0.2, 0.25) is 5.95 Å². The maximum Gasteiger partial charge on any atom is 0.225 e. The molecule has 7 nitrogen and oxygen atoms in total. The Kier molecular flexibility index (Phi) is 4.33. The molecule has 1 atom stereocenters. The number of methoxy groups -OCH3 is 2. The summed E-state index contributed by atoms with van der Waals surface area (Å²) in [7, 11) is 3.15. The van der Waals surface area contributed by atoms with Gasteiger partial charge in [-0.3, -0.25) is 4.98 Å². The summed E-state index contributed by atoms with van der Waals surface area (Å²) in [6, 6.07) is 9.25. The predicted molar refractivity (Wildman–Crippen MR) is 93.3 cm³/mol. The molecule has 3 rings (SSSR count). The first-order valence-electron chi connectivity index (χ1n) is 7.49. The number of nitrogens with two attached hydrogens (primary N) is 1. The quantitative estimate of drug-likeness (QED) is 0.744. The highest BCUT2D eigenvalue weighted by Gasteiger charge is 2.13. The molecule has 0 saturated heterocycles. The van der Waals surface area contributed by atoms with E-state index in [4.69, 9.17) is 15.2 Å². The van der Waals surface area contributed by atoms with Crippen LogP contribution < -0.4 is 20.5 Å². The number of pyridine rings is 1. The summed E-state index contributed by atoms with van der Waals surface area (Å²) in [4.78, 5) is 13.2. The molecule has 0 spiro atoms. The van der Waals surface area contributed by atoms with E-state index in [1.54, 1.807) is 32.5 Å². The van der Waals surface area contributed by atoms with Crippen LogP contribution in [0.1, 0.15) is 18.7 Å². The SMILES string of the molecule is COc1cc2nc(N[C@H](C)c3ccccn3)nc(N)c2cc1OC. The molecule has 124 valence electrons. The van der Waals surface area contributed by atoms with Crippen LogP contribution in [0.15, 0.2) is 36.5 Å². The van der Waals surface area contributed by atoms with Crippen LogP contribution >= 0.6 is 0 Å². The fourth-order valence-electron chi connectivity index (χ4n) is 2.44. The van der Waals surface area contributed by atoms with Gasteiger partial charge in [0.05, 0.1) is 31.5 Å². The molecule has 3 N–H and O–H groups in total. The van der Waals surface area contributed by atoms with Crippen LogP contribution in [-0.2, 0) is 0 Å². The molecule has 0 unspecified atom stereocenters. The van der Waals surface area contributed by atoms with E-state index in [0.717, 1.165) is 5.69 Å². The van der Waals surface area contributed by atoms with Gasteiger partial charge in [-0.1, -0.05) is 6.07 Å². The molecular weight excluding hydrogens is 306 g/mol. The number of nitrogen functional groups attached to an aromatic ring is 1. The molecule has 0 bridgehead atoms. The minimum absolute atomic E-state index is 0.0526. The summed E-state index contributed by atoms with van der Waals surface area (Å²) in [5.74, 6) is 1.98. The van der Waals surface area contributed by atoms with Crippen molar-refractivity contribution in [1.82, 2.24) is 15.0 Å². The summed E-state index contributed by atoms with van der Waals surface area (Å²) >= 11 is 0. The molecule has 0 amide bonds. The lowest BCUT2D eigenvalue weighted by Gasteiger charge is -2.15. The number of hydrogen-bond acceptors (Lipinski definition) is 7. The fourth-order valence-corrected chi connectivity index (χ4v) is 2.44. The van der Waals surface area contributed by atoms with Crippen molar-refractivity contribution in [3.05, 3.63) is 42.2 Å². The fraction of sp³-hybridized carbons (Fsp3) is 0.235. The minimum Gasteiger partial charge on any atom is -0.493 e. The highest BCUT2D eigenvalue weighted by atomic mass is 16.5. The lowest BCUT2D eigenvalue weighted by Crippen LogP contribution is -2.11. The van der Waals surface area contributed by atoms with Crippen molar-refractivity contribution < 1.29 is 9.47 Å². The number of aromatic nitrogens is 3. The number of benzene rings is 1. The number of nitrogens with zero attached hydrogens (tertiary/aromatic N) is 3. The van der Waals surface area contributed by atoms with Gasteiger partial charge in [0.15, 0.2) is 11.5 Å². The van der Waals surface area contributed by atoms with Gasteiger partial charge in [0.25, 0.3) is 0 Å². The molecule has 1 aromatic carbocycles. The lowest BCUT2D eigenvalue weighted by molar-refractivity contribution is 0.356. The molecule has 0 aliphatic heterocycles. The van der Waals surface area contributed by atoms with Gasteiger partial charge in [0.1, 0.15) is 5.82 Å². The van der Waals surface area contributed by atoms with E-state index >= 15 is 0 Å². The Labute approximate surface area is 139 Å². The third kappa shape index (κ3) is 3.01. The lowest BCUT2D eigenvalue weighted by atomic mass is 10.2. The smallest absolute Gasteiger partial charge is 0.225 e. The molecule has 2 heterocycles. The zero-order valence-corrected chi connectivity index (χ0v) is 13.8. The van der Waals surface area contributed by atoms with E-state index < -0.39 is 0 Å². The molecular formula is C17H19N5O2. The molecule has 7 heteroatoms. The number of rotatable bonds is 5. The molecule has 24 heavy (non-hydrogen) atoms. The Bertz CT molecular complexity index is 854. The molecule has 0 radical (unpaired) electrons. The Hall–Kier alpha value is -3.09. The number of anilines is 2. The summed E-state index contributed by atoms with van der Waals surface area (Å²) in [5, 5.41) is 3.93. The van der Waals surface area contributed by atoms with E-state index in [0.29, 0.717) is 34.2 Å². The first kappa shape index (κ1) is 15.8. The Balaban J connectivity index is 1.98. The topological polar surface area (TPSA) is 95.2 Å². The monoisotopic (exact) mass is 325 g/mol. The number of nitrogens with one attached hydrogen (secondary N) is 1. The van der Waals surface area contributed by atoms with Gasteiger partial charge in [0, 0.05) is 17.6 Å². The van der Waals surface area contributed by atoms with Crippen LogP contribution in [0.4, 0.5) is 11.8 Å². The average Bonchev–Trinajstić information content (AvgIpc) is 2.61. The van der Waals surface area contributed by atoms with Crippen LogP contribution in [0.5, 0.6) is 11.5 Å². The Morgan fingerprint density at radius 1 is 1.08 bits per heavy atom. The minimum atomic E-state index is -0.0526. The third-order valence-corrected chi connectivity index (χ3v) is 3.71. The average molecular weight is 325 g/mol. The summed E-state index contributed by atoms with van der Waals surface area (Å²) < 4.78 is 10.6. The van der Waals surface area contributed by atoms with Gasteiger partial charge in [-0.15, -0.1) is 0 Å². The highest BCUT2D eigenvalue weighted by Crippen LogP contribution is 2.33. The van der Waals surface area contributed by atoms with Crippen LogP contribution in [-0.4, -0.2) is 29.2 Å². The summed E-state index contributed by atoms with van der Waals surface area (Å²) in [6.45, 7) is 1.99. The van der Waals surface area contributed by atoms with E-state index in [1.807, 2.05) is 25.1 Å². The molecule has 0 saturated carbocycles. The molecule has 0 fully saturated rings. The van der Waals surface area contributed by atoms with E-state index in [2.05, 4.69) is 20.3 Å². The first-order valence-corrected chi connectivity index (χ1v) is 7.49. The maximum atomic E-state index is 6.08. The van der Waals surface area contributed by atoms with Gasteiger partial charge in [-0.25, -0.2) is 4.98 Å². The van der Waals surface area contributed by atoms with E-state index in [-0.39, 0.29) is 6.04 Å². The predicted octanol–water partition coefficient (Wildman–Crippen LogP) is 2.80. The molecule has 3 aromatic rings. The van der Waals surface area contributed by atoms with Gasteiger partial charge in [-0.05, 0) is 25.1 Å². The van der Waals surface area contributed by atoms with Crippen molar-refractivity contribution >= 4 is 22.7 Å². The van der Waals surface area contributed by atoms with Crippen LogP contribution in [0.3, 0.4) is 0 Å². The number of hydrogen-bond donors (Lipinski definition) is 2. The van der Waals surface area contributed by atoms with Gasteiger partial charge >= 0.3 is 0 Å². The van der Waals surface area contributed by atoms with Crippen molar-refractivity contribution in [2.24, 2.45) is 0 Å². The zero-order valence-electron chi connectivity index (χ0n) is 13.8. The zero-order chi connectivity index (χ0) is 17.1. The highest BCUT2D eigenvalue weighted by molar-refractivity contribution is 5.91. The van der Waals surface area contributed by atoms with Crippen molar-refractivity contribution in [3.63, 3.8) is 0 Å². The second-order valence-electron chi connectivity index (χ2n) is 5.28. The van der Waals surface area contributed by atoms with Crippen molar-refractivity contribution in [2.45, 2.75) is 13.0 Å². The maximum absolute atomic E-state index is 6.08. The standard InChI is InChI=1S/C17H19N5O2/c1-10(12-6-4-5-7-19-12)20-17-21-13-9-15(24-3)14(23-2)8-11(13)16(18)22-17/h4-10H,1-3H3,(H3,18,20,21,22)/t10-/m1/s1. The normalized spacial score (nSPS) is 12.0. The van der Waals surface area contributed by atoms with Crippen molar-refractivity contribution in [3.8, 4) is 11.5 Å². The van der Waals surface area contributed by atoms with Crippen LogP contribution in [0.25, 0.3) is 10.9 Å². The van der Waals surface area contributed by atoms with Crippen LogP contribution in [0, 0.1) is 0 Å². The Morgan fingerprint density at radius 2 is 1.83 bits per heavy atom. The third-order valence-electron chi connectivity index (χ3n) is 3.71. The van der Waals surface area contributed by atoms with E-state index in [9.17, 15) is 0 Å². The van der Waals surface area contributed by atoms with Gasteiger partial charge < -0.3 is 20.5 Å². The molecule has 0 aliphatic rings. The second-order valence-corrected chi connectivity index (χ2v) is 5.28. The Morgan fingerprint density at radius 3 is 2.50 bits per heavy atom. The molecule has 0 aliphatic carbocycles. The van der Waals surface area contributed by atoms with Gasteiger partial charge in [-0.2, -0.15) is 4.98 Å². The van der Waals surface area contributed by atoms with Crippen molar-refractivity contribution in [1.29, 1.82) is 0 Å². The summed E-state index contributed by atoms with van der Waals surface area (Å²) in [6.07, 6.45) is 1.75. The van der Waals surface area contributed by atoms with Crippen LogP contribution in [0.2, 0.25) is 0 Å². The van der Waals surface area contributed by atoms with E-state index in [1.165, 1.54) is 0 Å². The largest absolute Gasteiger partial charge is 0.493 e.